The average molecular weight is 246 g/mol. The van der Waals surface area contributed by atoms with Crippen LogP contribution in [0.5, 0.6) is 0 Å². The molecule has 1 aromatic carbocycles. The maximum absolute atomic E-state index is 11.5. The Morgan fingerprint density at radius 2 is 2.06 bits per heavy atom. The lowest BCUT2D eigenvalue weighted by molar-refractivity contribution is -0.120. The standard InChI is InChI=1S/C12H14N4O2/c13-6-8-2-1-3-10-9(8)4-5-16(10)7-11(17)15-12(14)18/h1-5H,6-7,13H2,(H3,14,15,17,18). The maximum atomic E-state index is 11.5. The Balaban J connectivity index is 2.30. The molecular weight excluding hydrogens is 232 g/mol. The van der Waals surface area contributed by atoms with E-state index in [1.807, 2.05) is 29.6 Å². The van der Waals surface area contributed by atoms with Gasteiger partial charge in [-0.15, -0.1) is 0 Å². The van der Waals surface area contributed by atoms with Crippen LogP contribution in [0.2, 0.25) is 0 Å². The molecule has 0 bridgehead atoms. The molecule has 1 aromatic heterocycles. The summed E-state index contributed by atoms with van der Waals surface area (Å²) in [5.74, 6) is -0.446. The van der Waals surface area contributed by atoms with E-state index in [9.17, 15) is 9.59 Å². The highest BCUT2D eigenvalue weighted by molar-refractivity contribution is 5.94. The molecular formula is C12H14N4O2. The Hall–Kier alpha value is -2.34. The molecule has 2 aromatic rings. The number of nitrogens with one attached hydrogen (secondary N) is 1. The molecule has 0 aliphatic carbocycles. The number of hydrogen-bond donors (Lipinski definition) is 3. The lowest BCUT2D eigenvalue weighted by Crippen LogP contribution is -2.37. The number of rotatable bonds is 3. The Morgan fingerprint density at radius 1 is 1.28 bits per heavy atom. The summed E-state index contributed by atoms with van der Waals surface area (Å²) in [5, 5.41) is 3.04. The van der Waals surface area contributed by atoms with Gasteiger partial charge in [-0.2, -0.15) is 0 Å². The van der Waals surface area contributed by atoms with Crippen LogP contribution in [0.1, 0.15) is 5.56 Å². The number of urea groups is 1. The van der Waals surface area contributed by atoms with Gasteiger partial charge in [0.2, 0.25) is 5.91 Å². The number of fused-ring (bicyclic) bond motifs is 1. The minimum Gasteiger partial charge on any atom is -0.351 e. The molecule has 0 saturated carbocycles. The zero-order valence-corrected chi connectivity index (χ0v) is 9.72. The van der Waals surface area contributed by atoms with Crippen molar-refractivity contribution >= 4 is 22.8 Å². The summed E-state index contributed by atoms with van der Waals surface area (Å²) in [4.78, 5) is 22.0. The topological polar surface area (TPSA) is 103 Å². The fraction of sp³-hybridized carbons (Fsp3) is 0.167. The van der Waals surface area contributed by atoms with Crippen molar-refractivity contribution in [3.63, 3.8) is 0 Å². The first-order chi connectivity index (χ1) is 8.61. The summed E-state index contributed by atoms with van der Waals surface area (Å²) in [6.07, 6.45) is 1.78. The molecule has 0 spiro atoms. The Morgan fingerprint density at radius 3 is 2.72 bits per heavy atom. The highest BCUT2D eigenvalue weighted by Gasteiger charge is 2.09. The molecule has 5 N–H and O–H groups in total. The monoisotopic (exact) mass is 246 g/mol. The predicted molar refractivity (Wildman–Crippen MR) is 67.6 cm³/mol. The second-order valence-electron chi connectivity index (χ2n) is 3.91. The van der Waals surface area contributed by atoms with Gasteiger partial charge >= 0.3 is 6.03 Å². The Kier molecular flexibility index (Phi) is 3.29. The zero-order chi connectivity index (χ0) is 13.1. The molecule has 3 amide bonds. The smallest absolute Gasteiger partial charge is 0.318 e. The fourth-order valence-corrected chi connectivity index (χ4v) is 1.93. The van der Waals surface area contributed by atoms with Crippen molar-refractivity contribution in [2.45, 2.75) is 13.1 Å². The summed E-state index contributed by atoms with van der Waals surface area (Å²) in [5.41, 5.74) is 12.4. The van der Waals surface area contributed by atoms with E-state index < -0.39 is 11.9 Å². The van der Waals surface area contributed by atoms with Crippen LogP contribution in [0, 0.1) is 0 Å². The van der Waals surface area contributed by atoms with Gasteiger partial charge in [-0.05, 0) is 17.7 Å². The van der Waals surface area contributed by atoms with Crippen molar-refractivity contribution in [1.29, 1.82) is 0 Å². The third-order valence-corrected chi connectivity index (χ3v) is 2.70. The molecule has 0 radical (unpaired) electrons. The van der Waals surface area contributed by atoms with Gasteiger partial charge in [-0.25, -0.2) is 4.79 Å². The zero-order valence-electron chi connectivity index (χ0n) is 9.72. The molecule has 2 rings (SSSR count). The lowest BCUT2D eigenvalue weighted by atomic mass is 10.1. The molecule has 6 heteroatoms. The van der Waals surface area contributed by atoms with Gasteiger partial charge < -0.3 is 16.0 Å². The number of carbonyl (C=O) groups excluding carboxylic acids is 2. The number of benzene rings is 1. The number of nitrogens with two attached hydrogens (primary N) is 2. The predicted octanol–water partition coefficient (Wildman–Crippen LogP) is 0.295. The molecule has 1 heterocycles. The second kappa shape index (κ2) is 4.89. The number of amides is 3. The van der Waals surface area contributed by atoms with Gasteiger partial charge in [0.05, 0.1) is 0 Å². The molecule has 0 unspecified atom stereocenters. The minimum atomic E-state index is -0.848. The van der Waals surface area contributed by atoms with Crippen LogP contribution < -0.4 is 16.8 Å². The van der Waals surface area contributed by atoms with E-state index in [1.165, 1.54) is 0 Å². The molecule has 0 saturated heterocycles. The van der Waals surface area contributed by atoms with Gasteiger partial charge in [0.15, 0.2) is 0 Å². The van der Waals surface area contributed by atoms with Gasteiger partial charge in [-0.3, -0.25) is 10.1 Å². The summed E-state index contributed by atoms with van der Waals surface area (Å²) >= 11 is 0. The van der Waals surface area contributed by atoms with E-state index in [0.717, 1.165) is 16.5 Å². The molecule has 0 aliphatic heterocycles. The van der Waals surface area contributed by atoms with Crippen molar-refractivity contribution in [2.24, 2.45) is 11.5 Å². The van der Waals surface area contributed by atoms with Crippen molar-refractivity contribution in [2.75, 3.05) is 0 Å². The van der Waals surface area contributed by atoms with Crippen LogP contribution >= 0.6 is 0 Å². The first kappa shape index (κ1) is 12.1. The Bertz CT molecular complexity index is 603. The maximum Gasteiger partial charge on any atom is 0.318 e. The minimum absolute atomic E-state index is 0.0421. The SMILES string of the molecule is NCc1cccc2c1ccn2CC(=O)NC(N)=O. The van der Waals surface area contributed by atoms with Crippen LogP contribution in [0.25, 0.3) is 10.9 Å². The number of carbonyl (C=O) groups is 2. The van der Waals surface area contributed by atoms with Crippen LogP contribution in [0.15, 0.2) is 30.5 Å². The van der Waals surface area contributed by atoms with Gasteiger partial charge in [0, 0.05) is 23.6 Å². The number of hydrogen-bond acceptors (Lipinski definition) is 3. The fourth-order valence-electron chi connectivity index (χ4n) is 1.93. The van der Waals surface area contributed by atoms with E-state index >= 15 is 0 Å². The van der Waals surface area contributed by atoms with Crippen molar-refractivity contribution in [3.05, 3.63) is 36.0 Å². The van der Waals surface area contributed by atoms with Gasteiger partial charge in [-0.1, -0.05) is 12.1 Å². The number of imide groups is 1. The van der Waals surface area contributed by atoms with Crippen LogP contribution in [-0.4, -0.2) is 16.5 Å². The number of aromatic nitrogens is 1. The normalized spacial score (nSPS) is 10.5. The molecule has 18 heavy (non-hydrogen) atoms. The number of primary amides is 1. The highest BCUT2D eigenvalue weighted by Crippen LogP contribution is 2.19. The van der Waals surface area contributed by atoms with Crippen molar-refractivity contribution in [1.82, 2.24) is 9.88 Å². The number of nitrogens with zero attached hydrogens (tertiary/aromatic N) is 1. The first-order valence-corrected chi connectivity index (χ1v) is 5.48. The Labute approximate surface area is 104 Å². The van der Waals surface area contributed by atoms with E-state index in [4.69, 9.17) is 11.5 Å². The van der Waals surface area contributed by atoms with Crippen molar-refractivity contribution in [3.8, 4) is 0 Å². The lowest BCUT2D eigenvalue weighted by Gasteiger charge is -2.06. The highest BCUT2D eigenvalue weighted by atomic mass is 16.2. The van der Waals surface area contributed by atoms with Gasteiger partial charge in [0.25, 0.3) is 0 Å². The van der Waals surface area contributed by atoms with E-state index in [0.29, 0.717) is 6.54 Å². The quantitative estimate of drug-likeness (QED) is 0.725. The molecule has 0 fully saturated rings. The summed E-state index contributed by atoms with van der Waals surface area (Å²) in [6.45, 7) is 0.481. The molecule has 6 nitrogen and oxygen atoms in total. The van der Waals surface area contributed by atoms with Crippen LogP contribution in [0.4, 0.5) is 4.79 Å². The summed E-state index contributed by atoms with van der Waals surface area (Å²) in [7, 11) is 0. The van der Waals surface area contributed by atoms with E-state index in [-0.39, 0.29) is 6.54 Å². The third-order valence-electron chi connectivity index (χ3n) is 2.70. The largest absolute Gasteiger partial charge is 0.351 e. The van der Waals surface area contributed by atoms with Crippen LogP contribution in [0.3, 0.4) is 0 Å². The third kappa shape index (κ3) is 2.33. The average Bonchev–Trinajstić information content (AvgIpc) is 2.71. The molecule has 0 atom stereocenters. The van der Waals surface area contributed by atoms with Crippen LogP contribution in [-0.2, 0) is 17.9 Å². The first-order valence-electron chi connectivity index (χ1n) is 5.48. The summed E-state index contributed by atoms with van der Waals surface area (Å²) in [6, 6.07) is 6.77. The molecule has 0 aliphatic rings. The second-order valence-corrected chi connectivity index (χ2v) is 3.91. The van der Waals surface area contributed by atoms with Crippen molar-refractivity contribution < 1.29 is 9.59 Å². The van der Waals surface area contributed by atoms with Gasteiger partial charge in [0.1, 0.15) is 6.54 Å². The van der Waals surface area contributed by atoms with E-state index in [1.54, 1.807) is 10.8 Å². The summed E-state index contributed by atoms with van der Waals surface area (Å²) < 4.78 is 1.74. The molecule has 94 valence electrons. The van der Waals surface area contributed by atoms with E-state index in [2.05, 4.69) is 0 Å².